The van der Waals surface area contributed by atoms with Gasteiger partial charge in [-0.15, -0.1) is 0 Å². The van der Waals surface area contributed by atoms with Crippen LogP contribution < -0.4 is 5.32 Å². The summed E-state index contributed by atoms with van der Waals surface area (Å²) in [5.41, 5.74) is -0.607. The Hall–Kier alpha value is -1.49. The van der Waals surface area contributed by atoms with E-state index in [9.17, 15) is 18.7 Å². The van der Waals surface area contributed by atoms with Crippen LogP contribution in [0.25, 0.3) is 0 Å². The van der Waals surface area contributed by atoms with E-state index in [1.165, 1.54) is 6.07 Å². The van der Waals surface area contributed by atoms with Crippen LogP contribution >= 0.6 is 0 Å². The molecule has 0 aliphatic carbocycles. The fraction of sp³-hybridized carbons (Fsp3) is 0.500. The average molecular weight is 271 g/mol. The topological polar surface area (TPSA) is 49.3 Å². The van der Waals surface area contributed by atoms with Crippen LogP contribution in [0.5, 0.6) is 0 Å². The number of amides is 1. The SMILES string of the molecule is CC(C)C(C)(O)CNC(=O)Cc1ccc(F)c(F)c1. The Balaban J connectivity index is 2.54. The molecule has 1 unspecified atom stereocenters. The molecule has 1 aromatic carbocycles. The van der Waals surface area contributed by atoms with Crippen LogP contribution in [0.4, 0.5) is 8.78 Å². The smallest absolute Gasteiger partial charge is 0.224 e. The molecule has 1 aromatic rings. The molecule has 1 amide bonds. The zero-order valence-corrected chi connectivity index (χ0v) is 11.3. The molecular formula is C14H19F2NO2. The van der Waals surface area contributed by atoms with E-state index in [4.69, 9.17) is 0 Å². The molecule has 0 aliphatic rings. The van der Waals surface area contributed by atoms with Gasteiger partial charge in [-0.25, -0.2) is 8.78 Å². The van der Waals surface area contributed by atoms with Gasteiger partial charge in [-0.05, 0) is 30.5 Å². The van der Waals surface area contributed by atoms with Crippen LogP contribution in [0.3, 0.4) is 0 Å². The monoisotopic (exact) mass is 271 g/mol. The summed E-state index contributed by atoms with van der Waals surface area (Å²) in [6, 6.07) is 3.34. The summed E-state index contributed by atoms with van der Waals surface area (Å²) in [5, 5.41) is 12.5. The van der Waals surface area contributed by atoms with Crippen LogP contribution in [-0.4, -0.2) is 23.2 Å². The number of halogens is 2. The number of aliphatic hydroxyl groups is 1. The first-order valence-corrected chi connectivity index (χ1v) is 6.15. The first-order valence-electron chi connectivity index (χ1n) is 6.15. The van der Waals surface area contributed by atoms with Gasteiger partial charge in [0, 0.05) is 6.54 Å². The molecular weight excluding hydrogens is 252 g/mol. The molecule has 19 heavy (non-hydrogen) atoms. The normalized spacial score (nSPS) is 14.3. The van der Waals surface area contributed by atoms with Gasteiger partial charge in [0.05, 0.1) is 12.0 Å². The van der Waals surface area contributed by atoms with Crippen molar-refractivity contribution in [3.05, 3.63) is 35.4 Å². The Bertz CT molecular complexity index is 459. The molecule has 106 valence electrons. The molecule has 3 nitrogen and oxygen atoms in total. The van der Waals surface area contributed by atoms with Crippen molar-refractivity contribution in [1.82, 2.24) is 5.32 Å². The summed E-state index contributed by atoms with van der Waals surface area (Å²) in [5.74, 6) is -2.26. The Kier molecular flexibility index (Phi) is 5.00. The molecule has 0 saturated heterocycles. The second-order valence-corrected chi connectivity index (χ2v) is 5.21. The maximum atomic E-state index is 13.0. The summed E-state index contributed by atoms with van der Waals surface area (Å²) in [6.45, 7) is 5.45. The van der Waals surface area contributed by atoms with Crippen LogP contribution in [0.15, 0.2) is 18.2 Å². The van der Waals surface area contributed by atoms with Gasteiger partial charge in [0.1, 0.15) is 0 Å². The predicted molar refractivity (Wildman–Crippen MR) is 68.5 cm³/mol. The van der Waals surface area contributed by atoms with Crippen molar-refractivity contribution >= 4 is 5.91 Å². The number of carbonyl (C=O) groups is 1. The number of hydrogen-bond acceptors (Lipinski definition) is 2. The van der Waals surface area contributed by atoms with Crippen LogP contribution in [-0.2, 0) is 11.2 Å². The van der Waals surface area contributed by atoms with Gasteiger partial charge < -0.3 is 10.4 Å². The van der Waals surface area contributed by atoms with E-state index in [1.54, 1.807) is 6.92 Å². The second kappa shape index (κ2) is 6.10. The third kappa shape index (κ3) is 4.59. The van der Waals surface area contributed by atoms with Crippen molar-refractivity contribution in [3.63, 3.8) is 0 Å². The molecule has 0 aromatic heterocycles. The van der Waals surface area contributed by atoms with Crippen LogP contribution in [0.2, 0.25) is 0 Å². The Morgan fingerprint density at radius 2 is 2.00 bits per heavy atom. The Labute approximate surface area is 111 Å². The molecule has 0 saturated carbocycles. The summed E-state index contributed by atoms with van der Waals surface area (Å²) in [7, 11) is 0. The highest BCUT2D eigenvalue weighted by Crippen LogP contribution is 2.14. The number of hydrogen-bond donors (Lipinski definition) is 2. The molecule has 0 radical (unpaired) electrons. The van der Waals surface area contributed by atoms with Crippen molar-refractivity contribution in [3.8, 4) is 0 Å². The minimum absolute atomic E-state index is 0.00364. The van der Waals surface area contributed by atoms with E-state index in [0.717, 1.165) is 12.1 Å². The molecule has 2 N–H and O–H groups in total. The maximum Gasteiger partial charge on any atom is 0.224 e. The van der Waals surface area contributed by atoms with Gasteiger partial charge in [0.25, 0.3) is 0 Å². The fourth-order valence-electron chi connectivity index (χ4n) is 1.38. The predicted octanol–water partition coefficient (Wildman–Crippen LogP) is 2.03. The van der Waals surface area contributed by atoms with Gasteiger partial charge in [0.15, 0.2) is 11.6 Å². The zero-order chi connectivity index (χ0) is 14.6. The van der Waals surface area contributed by atoms with Crippen LogP contribution in [0, 0.1) is 17.6 Å². The van der Waals surface area contributed by atoms with Gasteiger partial charge in [-0.2, -0.15) is 0 Å². The first-order chi connectivity index (χ1) is 8.72. The molecule has 0 heterocycles. The lowest BCUT2D eigenvalue weighted by Crippen LogP contribution is -2.44. The number of benzene rings is 1. The average Bonchev–Trinajstić information content (AvgIpc) is 2.31. The zero-order valence-electron chi connectivity index (χ0n) is 11.3. The van der Waals surface area contributed by atoms with E-state index < -0.39 is 17.2 Å². The lowest BCUT2D eigenvalue weighted by Gasteiger charge is -2.27. The molecule has 0 bridgehead atoms. The van der Waals surface area contributed by atoms with Gasteiger partial charge in [0.2, 0.25) is 5.91 Å². The van der Waals surface area contributed by atoms with Gasteiger partial charge >= 0.3 is 0 Å². The molecule has 1 atom stereocenters. The third-order valence-electron chi connectivity index (χ3n) is 3.24. The highest BCUT2D eigenvalue weighted by Gasteiger charge is 2.25. The van der Waals surface area contributed by atoms with E-state index in [2.05, 4.69) is 5.32 Å². The third-order valence-corrected chi connectivity index (χ3v) is 3.24. The molecule has 0 fully saturated rings. The van der Waals surface area contributed by atoms with Crippen molar-refractivity contribution < 1.29 is 18.7 Å². The Morgan fingerprint density at radius 3 is 2.53 bits per heavy atom. The summed E-state index contributed by atoms with van der Waals surface area (Å²) in [6.07, 6.45) is -0.0502. The summed E-state index contributed by atoms with van der Waals surface area (Å²) < 4.78 is 25.7. The number of rotatable bonds is 5. The minimum Gasteiger partial charge on any atom is -0.388 e. The maximum absolute atomic E-state index is 13.0. The van der Waals surface area contributed by atoms with Crippen LogP contribution in [0.1, 0.15) is 26.3 Å². The molecule has 0 aliphatic heterocycles. The Morgan fingerprint density at radius 1 is 1.37 bits per heavy atom. The molecule has 0 spiro atoms. The molecule has 1 rings (SSSR count). The van der Waals surface area contributed by atoms with Gasteiger partial charge in [-0.3, -0.25) is 4.79 Å². The van der Waals surface area contributed by atoms with Crippen molar-refractivity contribution in [1.29, 1.82) is 0 Å². The van der Waals surface area contributed by atoms with Crippen molar-refractivity contribution in [2.45, 2.75) is 32.8 Å². The second-order valence-electron chi connectivity index (χ2n) is 5.21. The van der Waals surface area contributed by atoms with E-state index >= 15 is 0 Å². The lowest BCUT2D eigenvalue weighted by molar-refractivity contribution is -0.122. The standard InChI is InChI=1S/C14H19F2NO2/c1-9(2)14(3,19)8-17-13(18)7-10-4-5-11(15)12(16)6-10/h4-6,9,19H,7-8H2,1-3H3,(H,17,18). The van der Waals surface area contributed by atoms with E-state index in [-0.39, 0.29) is 24.8 Å². The van der Waals surface area contributed by atoms with E-state index in [1.807, 2.05) is 13.8 Å². The summed E-state index contributed by atoms with van der Waals surface area (Å²) in [4.78, 5) is 11.6. The van der Waals surface area contributed by atoms with E-state index in [0.29, 0.717) is 5.56 Å². The highest BCUT2D eigenvalue weighted by molar-refractivity contribution is 5.78. The fourth-order valence-corrected chi connectivity index (χ4v) is 1.38. The molecule has 5 heteroatoms. The number of nitrogens with one attached hydrogen (secondary N) is 1. The lowest BCUT2D eigenvalue weighted by atomic mass is 9.92. The summed E-state index contributed by atoms with van der Waals surface area (Å²) >= 11 is 0. The first kappa shape index (κ1) is 15.6. The van der Waals surface area contributed by atoms with Crippen molar-refractivity contribution in [2.24, 2.45) is 5.92 Å². The van der Waals surface area contributed by atoms with Crippen molar-refractivity contribution in [2.75, 3.05) is 6.54 Å². The largest absolute Gasteiger partial charge is 0.388 e. The highest BCUT2D eigenvalue weighted by atomic mass is 19.2. The van der Waals surface area contributed by atoms with Gasteiger partial charge in [-0.1, -0.05) is 19.9 Å². The minimum atomic E-state index is -0.996. The number of carbonyl (C=O) groups excluding carboxylic acids is 1. The quantitative estimate of drug-likeness (QED) is 0.861.